The van der Waals surface area contributed by atoms with Gasteiger partial charge in [0.05, 0.1) is 4.92 Å². The van der Waals surface area contributed by atoms with Gasteiger partial charge in [-0.05, 0) is 73.2 Å². The summed E-state index contributed by atoms with van der Waals surface area (Å²) in [7, 11) is 0. The van der Waals surface area contributed by atoms with Crippen LogP contribution in [0.3, 0.4) is 0 Å². The predicted octanol–water partition coefficient (Wildman–Crippen LogP) is 6.12. The van der Waals surface area contributed by atoms with Crippen molar-refractivity contribution >= 4 is 34.1 Å². The molecule has 1 aliphatic heterocycles. The molecule has 1 aliphatic rings. The standard InChI is InChI=1S/C28H28N4O4/c1-18-11-13-31(14-12-18)24-9-6-21(17-25(24)32(34)35)28(33)29-22-7-4-20(5-8-22)16-27-30-23-15-19(2)3-10-26(23)36-27/h3-10,15,17-18H,11-14,16H2,1-2H3,(H,29,33). The number of piperidine rings is 1. The Morgan fingerprint density at radius 3 is 2.58 bits per heavy atom. The topological polar surface area (TPSA) is 102 Å². The van der Waals surface area contributed by atoms with E-state index in [1.165, 1.54) is 6.07 Å². The summed E-state index contributed by atoms with van der Waals surface area (Å²) < 4.78 is 5.83. The molecule has 0 atom stereocenters. The largest absolute Gasteiger partial charge is 0.440 e. The van der Waals surface area contributed by atoms with Gasteiger partial charge >= 0.3 is 0 Å². The number of nitrogens with one attached hydrogen (secondary N) is 1. The molecule has 184 valence electrons. The molecular weight excluding hydrogens is 456 g/mol. The van der Waals surface area contributed by atoms with Gasteiger partial charge < -0.3 is 14.6 Å². The quantitative estimate of drug-likeness (QED) is 0.261. The number of nitrogens with zero attached hydrogens (tertiary/aromatic N) is 3. The van der Waals surface area contributed by atoms with Crippen LogP contribution in [0.15, 0.2) is 65.1 Å². The van der Waals surface area contributed by atoms with Gasteiger partial charge in [0, 0.05) is 36.8 Å². The molecular formula is C28H28N4O4. The van der Waals surface area contributed by atoms with E-state index in [9.17, 15) is 14.9 Å². The molecule has 36 heavy (non-hydrogen) atoms. The molecule has 1 aromatic heterocycles. The van der Waals surface area contributed by atoms with Crippen LogP contribution in [0.25, 0.3) is 11.1 Å². The Bertz CT molecular complexity index is 1420. The number of amides is 1. The average Bonchev–Trinajstić information content (AvgIpc) is 3.26. The van der Waals surface area contributed by atoms with Crippen LogP contribution >= 0.6 is 0 Å². The van der Waals surface area contributed by atoms with Gasteiger partial charge in [-0.25, -0.2) is 4.98 Å². The molecule has 1 amide bonds. The molecule has 8 heteroatoms. The van der Waals surface area contributed by atoms with Gasteiger partial charge in [0.1, 0.15) is 11.2 Å². The number of hydrogen-bond donors (Lipinski definition) is 1. The Hall–Kier alpha value is -4.20. The Morgan fingerprint density at radius 2 is 1.86 bits per heavy atom. The van der Waals surface area contributed by atoms with E-state index < -0.39 is 4.92 Å². The number of hydrogen-bond acceptors (Lipinski definition) is 6. The highest BCUT2D eigenvalue weighted by atomic mass is 16.6. The van der Waals surface area contributed by atoms with Gasteiger partial charge in [0.15, 0.2) is 11.5 Å². The number of aromatic nitrogens is 1. The van der Waals surface area contributed by atoms with E-state index in [0.29, 0.717) is 29.6 Å². The van der Waals surface area contributed by atoms with E-state index in [1.807, 2.05) is 42.2 Å². The van der Waals surface area contributed by atoms with Crippen molar-refractivity contribution in [1.29, 1.82) is 0 Å². The molecule has 2 heterocycles. The summed E-state index contributed by atoms with van der Waals surface area (Å²) >= 11 is 0. The molecule has 5 rings (SSSR count). The van der Waals surface area contributed by atoms with Crippen LogP contribution < -0.4 is 10.2 Å². The highest BCUT2D eigenvalue weighted by molar-refractivity contribution is 6.05. The second-order valence-electron chi connectivity index (χ2n) is 9.54. The number of benzene rings is 3. The number of fused-ring (bicyclic) bond motifs is 1. The van der Waals surface area contributed by atoms with Crippen molar-refractivity contribution < 1.29 is 14.1 Å². The highest BCUT2D eigenvalue weighted by Gasteiger charge is 2.25. The van der Waals surface area contributed by atoms with Crippen LogP contribution in [0.5, 0.6) is 0 Å². The lowest BCUT2D eigenvalue weighted by Crippen LogP contribution is -2.33. The zero-order valence-electron chi connectivity index (χ0n) is 20.4. The van der Waals surface area contributed by atoms with Crippen molar-refractivity contribution in [2.45, 2.75) is 33.1 Å². The van der Waals surface area contributed by atoms with Crippen molar-refractivity contribution in [3.05, 3.63) is 93.4 Å². The lowest BCUT2D eigenvalue weighted by molar-refractivity contribution is -0.384. The zero-order chi connectivity index (χ0) is 25.2. The summed E-state index contributed by atoms with van der Waals surface area (Å²) in [6.07, 6.45) is 2.54. The molecule has 4 aromatic rings. The van der Waals surface area contributed by atoms with Crippen LogP contribution in [0.4, 0.5) is 17.1 Å². The molecule has 8 nitrogen and oxygen atoms in total. The minimum Gasteiger partial charge on any atom is -0.440 e. The van der Waals surface area contributed by atoms with Gasteiger partial charge in [-0.2, -0.15) is 0 Å². The van der Waals surface area contributed by atoms with Gasteiger partial charge in [0.25, 0.3) is 11.6 Å². The number of nitro groups is 1. The van der Waals surface area contributed by atoms with Crippen molar-refractivity contribution in [3.63, 3.8) is 0 Å². The Labute approximate surface area is 209 Å². The van der Waals surface area contributed by atoms with Crippen LogP contribution in [0, 0.1) is 23.0 Å². The van der Waals surface area contributed by atoms with E-state index in [1.54, 1.807) is 24.3 Å². The minimum absolute atomic E-state index is 0.0407. The summed E-state index contributed by atoms with van der Waals surface area (Å²) in [6.45, 7) is 5.77. The molecule has 1 saturated heterocycles. The molecule has 0 unspecified atom stereocenters. The molecule has 1 fully saturated rings. The minimum atomic E-state index is -0.410. The van der Waals surface area contributed by atoms with Gasteiger partial charge in [-0.15, -0.1) is 0 Å². The molecule has 0 bridgehead atoms. The number of anilines is 2. The number of oxazole rings is 1. The lowest BCUT2D eigenvalue weighted by Gasteiger charge is -2.31. The maximum atomic E-state index is 12.8. The van der Waals surface area contributed by atoms with Crippen molar-refractivity contribution in [2.75, 3.05) is 23.3 Å². The van der Waals surface area contributed by atoms with Crippen LogP contribution in [0.1, 0.15) is 47.1 Å². The number of aryl methyl sites for hydroxylation is 1. The molecule has 0 aliphatic carbocycles. The average molecular weight is 485 g/mol. The first-order valence-corrected chi connectivity index (χ1v) is 12.2. The van der Waals surface area contributed by atoms with Gasteiger partial charge in [-0.3, -0.25) is 14.9 Å². The normalized spacial score (nSPS) is 14.2. The van der Waals surface area contributed by atoms with E-state index in [2.05, 4.69) is 17.2 Å². The zero-order valence-corrected chi connectivity index (χ0v) is 20.4. The monoisotopic (exact) mass is 484 g/mol. The number of carbonyl (C=O) groups is 1. The van der Waals surface area contributed by atoms with Crippen molar-refractivity contribution in [3.8, 4) is 0 Å². The van der Waals surface area contributed by atoms with E-state index in [4.69, 9.17) is 4.42 Å². The molecule has 3 aromatic carbocycles. The fraction of sp³-hybridized carbons (Fsp3) is 0.286. The van der Waals surface area contributed by atoms with Crippen LogP contribution in [-0.4, -0.2) is 28.9 Å². The third kappa shape index (κ3) is 5.07. The van der Waals surface area contributed by atoms with Crippen LogP contribution in [0.2, 0.25) is 0 Å². The summed E-state index contributed by atoms with van der Waals surface area (Å²) in [5.74, 6) is 0.859. The first kappa shape index (κ1) is 23.5. The van der Waals surface area contributed by atoms with E-state index in [-0.39, 0.29) is 17.2 Å². The first-order valence-electron chi connectivity index (χ1n) is 12.2. The molecule has 0 spiro atoms. The summed E-state index contributed by atoms with van der Waals surface area (Å²) in [6, 6.07) is 18.0. The third-order valence-corrected chi connectivity index (χ3v) is 6.71. The molecule has 0 radical (unpaired) electrons. The summed E-state index contributed by atoms with van der Waals surface area (Å²) in [5.41, 5.74) is 5.10. The number of nitro benzene ring substituents is 1. The molecule has 0 saturated carbocycles. The maximum absolute atomic E-state index is 12.8. The van der Waals surface area contributed by atoms with E-state index >= 15 is 0 Å². The third-order valence-electron chi connectivity index (χ3n) is 6.71. The van der Waals surface area contributed by atoms with Gasteiger partial charge in [0.2, 0.25) is 0 Å². The summed E-state index contributed by atoms with van der Waals surface area (Å²) in [4.78, 5) is 30.8. The molecule has 1 N–H and O–H groups in total. The Balaban J connectivity index is 1.27. The lowest BCUT2D eigenvalue weighted by atomic mass is 9.98. The van der Waals surface area contributed by atoms with Crippen molar-refractivity contribution in [1.82, 2.24) is 4.98 Å². The summed E-state index contributed by atoms with van der Waals surface area (Å²) in [5, 5.41) is 14.6. The Kier molecular flexibility index (Phi) is 6.41. The maximum Gasteiger partial charge on any atom is 0.293 e. The first-order chi connectivity index (χ1) is 17.4. The second-order valence-corrected chi connectivity index (χ2v) is 9.54. The van der Waals surface area contributed by atoms with Crippen molar-refractivity contribution in [2.24, 2.45) is 5.92 Å². The SMILES string of the molecule is Cc1ccc2oc(Cc3ccc(NC(=O)c4ccc(N5CCC(C)CC5)c([N+](=O)[O-])c4)cc3)nc2c1. The Morgan fingerprint density at radius 1 is 1.11 bits per heavy atom. The predicted molar refractivity (Wildman–Crippen MR) is 140 cm³/mol. The number of rotatable bonds is 6. The fourth-order valence-corrected chi connectivity index (χ4v) is 4.57. The smallest absolute Gasteiger partial charge is 0.293 e. The second kappa shape index (κ2) is 9.81. The van der Waals surface area contributed by atoms with E-state index in [0.717, 1.165) is 48.2 Å². The highest BCUT2D eigenvalue weighted by Crippen LogP contribution is 2.32. The fourth-order valence-electron chi connectivity index (χ4n) is 4.57. The van der Waals surface area contributed by atoms with Gasteiger partial charge in [-0.1, -0.05) is 25.1 Å². The number of carbonyl (C=O) groups excluding carboxylic acids is 1. The van der Waals surface area contributed by atoms with Crippen LogP contribution in [-0.2, 0) is 6.42 Å².